The molecule has 0 unspecified atom stereocenters. The number of hydrogen-bond acceptors (Lipinski definition) is 14. The second-order valence-electron chi connectivity index (χ2n) is 27.2. The Kier molecular flexibility index (Phi) is 20.0. The van der Waals surface area contributed by atoms with Gasteiger partial charge in [-0.15, -0.1) is 10.2 Å². The van der Waals surface area contributed by atoms with Gasteiger partial charge in [-0.3, -0.25) is 0 Å². The van der Waals surface area contributed by atoms with Crippen LogP contribution in [0.5, 0.6) is 57.5 Å². The summed E-state index contributed by atoms with van der Waals surface area (Å²) in [6.45, 7) is 20.8. The minimum absolute atomic E-state index is 0.107. The lowest BCUT2D eigenvalue weighted by molar-refractivity contribution is 0.287. The molecule has 542 valence electrons. The van der Waals surface area contributed by atoms with Gasteiger partial charge in [0, 0.05) is 87.7 Å². The maximum Gasteiger partial charge on any atom is 0.134 e. The molecule has 0 atom stereocenters. The zero-order chi connectivity index (χ0) is 73.1. The van der Waals surface area contributed by atoms with Gasteiger partial charge in [0.05, 0.1) is 78.3 Å². The van der Waals surface area contributed by atoms with Gasteiger partial charge < -0.3 is 47.4 Å². The van der Waals surface area contributed by atoms with E-state index in [0.717, 1.165) is 89.8 Å². The van der Waals surface area contributed by atoms with Gasteiger partial charge in [0.2, 0.25) is 0 Å². The van der Waals surface area contributed by atoms with E-state index in [1.165, 1.54) is 64.6 Å². The van der Waals surface area contributed by atoms with Crippen molar-refractivity contribution in [2.75, 3.05) is 52.9 Å². The van der Waals surface area contributed by atoms with Crippen molar-refractivity contribution < 1.29 is 47.4 Å². The number of rotatable bonds is 26. The predicted octanol–water partition coefficient (Wildman–Crippen LogP) is 19.4. The van der Waals surface area contributed by atoms with Crippen LogP contribution in [-0.2, 0) is 58.4 Å². The standard InChI is InChI=1S/C91H88N6O10/c1-9-98-78-42-66-36-68-44-84(104-15-7)70(46-82(68)102-13-5)38-72-48-87(107-55-75-53-97(95-93-75)51-63-30-28-61-26-24-57-20-18-22-59-32-34-77(63)91(61)89(57)59)73(49-86(72)106-54-74-52-96(94-92-74)50-62-29-27-60-25-23-56-19-17-21-58-31-33-76(62)90(60)88(56)58)39-71-47-83(103-14-6)69(45-85(71)105-16-8)37-67-43-79(99-10-2)65(41-81(67)101-12-4)35-64(78)40-80(66)100-11-3/h17-34,40-49,52-53H,9-16,35-39,50-51,54-55H2,1-8H3. The van der Waals surface area contributed by atoms with Gasteiger partial charge in [-0.1, -0.05) is 120 Å². The maximum atomic E-state index is 7.20. The first-order chi connectivity index (χ1) is 52.6. The van der Waals surface area contributed by atoms with E-state index >= 15 is 0 Å². The monoisotopic (exact) mass is 1420 g/mol. The molecular formula is C91H88N6O10. The highest BCUT2D eigenvalue weighted by Gasteiger charge is 2.26. The quantitative estimate of drug-likeness (QED) is 0.0472. The minimum Gasteiger partial charge on any atom is -0.494 e. The fraction of sp³-hybridized carbons (Fsp3) is 0.275. The molecular weight excluding hydrogens is 1340 g/mol. The molecule has 16 nitrogen and oxygen atoms in total. The van der Waals surface area contributed by atoms with Crippen molar-refractivity contribution in [2.24, 2.45) is 0 Å². The van der Waals surface area contributed by atoms with E-state index < -0.39 is 0 Å². The number of hydrogen-bond donors (Lipinski definition) is 0. The molecule has 10 bridgehead atoms. The van der Waals surface area contributed by atoms with Crippen LogP contribution in [0, 0.1) is 0 Å². The summed E-state index contributed by atoms with van der Waals surface area (Å²) in [7, 11) is 0. The molecule has 2 heterocycles. The highest BCUT2D eigenvalue weighted by atomic mass is 16.5. The van der Waals surface area contributed by atoms with Crippen LogP contribution in [0.1, 0.15) is 134 Å². The zero-order valence-corrected chi connectivity index (χ0v) is 62.1. The van der Waals surface area contributed by atoms with E-state index in [0.29, 0.717) is 144 Å². The molecule has 0 N–H and O–H groups in total. The SMILES string of the molecule is CCOc1cc2c(OCC)cc1Cc1cc(OCC)c(cc1OCC)Cc1cc(OCC)c(cc1OCC)Cc1cc(OCc3cn(Cc4ccc5ccc6cccc7ccc4c5c67)nn3)c(cc1OCc1cn(Cc3ccc4ccc5cccc6ccc3c4c56)nn1)Cc1cc(OCC)c(cc1OCC)C2. The lowest BCUT2D eigenvalue weighted by atomic mass is 9.92. The molecule has 10 aliphatic rings. The third kappa shape index (κ3) is 14.1. The molecule has 2 aromatic heterocycles. The third-order valence-electron chi connectivity index (χ3n) is 20.3. The molecule has 25 rings (SSSR count). The van der Waals surface area contributed by atoms with Crippen molar-refractivity contribution >= 4 is 64.6 Å². The second-order valence-corrected chi connectivity index (χ2v) is 27.2. The first-order valence-electron chi connectivity index (χ1n) is 37.7. The van der Waals surface area contributed by atoms with Gasteiger partial charge in [0.1, 0.15) is 82.1 Å². The average Bonchev–Trinajstić information content (AvgIpc) is 1.05. The van der Waals surface area contributed by atoms with Crippen LogP contribution < -0.4 is 47.4 Å². The highest BCUT2D eigenvalue weighted by molar-refractivity contribution is 6.24. The van der Waals surface area contributed by atoms with Gasteiger partial charge in [0.25, 0.3) is 0 Å². The Morgan fingerprint density at radius 1 is 0.262 bits per heavy atom. The van der Waals surface area contributed by atoms with E-state index in [4.69, 9.17) is 68.0 Å². The van der Waals surface area contributed by atoms with Gasteiger partial charge in [-0.05, 0) is 192 Å². The Labute approximate surface area is 623 Å². The molecule has 13 aromatic carbocycles. The van der Waals surface area contributed by atoms with E-state index in [-0.39, 0.29) is 13.2 Å². The largest absolute Gasteiger partial charge is 0.494 e. The first-order valence-corrected chi connectivity index (χ1v) is 37.7. The fourth-order valence-electron chi connectivity index (χ4n) is 15.7. The van der Waals surface area contributed by atoms with Crippen molar-refractivity contribution in [3.8, 4) is 57.5 Å². The molecule has 0 radical (unpaired) electrons. The predicted molar refractivity (Wildman–Crippen MR) is 423 cm³/mol. The summed E-state index contributed by atoms with van der Waals surface area (Å²) in [4.78, 5) is 0. The summed E-state index contributed by atoms with van der Waals surface area (Å²) < 4.78 is 71.4. The van der Waals surface area contributed by atoms with Crippen molar-refractivity contribution in [3.63, 3.8) is 0 Å². The summed E-state index contributed by atoms with van der Waals surface area (Å²) in [6, 6.07) is 60.8. The normalized spacial score (nSPS) is 12.4. The van der Waals surface area contributed by atoms with Crippen molar-refractivity contribution in [1.82, 2.24) is 30.0 Å². The number of ether oxygens (including phenoxy) is 10. The molecule has 0 saturated carbocycles. The minimum atomic E-state index is 0.107. The highest BCUT2D eigenvalue weighted by Crippen LogP contribution is 2.45. The van der Waals surface area contributed by atoms with Crippen LogP contribution in [-0.4, -0.2) is 82.8 Å². The zero-order valence-electron chi connectivity index (χ0n) is 62.1. The Morgan fingerprint density at radius 3 is 0.738 bits per heavy atom. The van der Waals surface area contributed by atoms with Gasteiger partial charge in [-0.2, -0.15) is 0 Å². The number of benzene rings is 13. The molecule has 0 fully saturated rings. The van der Waals surface area contributed by atoms with Crippen LogP contribution in [0.15, 0.2) is 182 Å². The Balaban J connectivity index is 0.835. The van der Waals surface area contributed by atoms with Crippen LogP contribution in [0.25, 0.3) is 64.6 Å². The van der Waals surface area contributed by atoms with Crippen molar-refractivity contribution in [2.45, 2.75) is 114 Å². The number of nitrogens with zero attached hydrogens (tertiary/aromatic N) is 6. The molecule has 0 spiro atoms. The fourth-order valence-corrected chi connectivity index (χ4v) is 15.7. The summed E-state index contributed by atoms with van der Waals surface area (Å²) in [6.07, 6.45) is 6.06. The summed E-state index contributed by atoms with van der Waals surface area (Å²) in [5, 5.41) is 33.8. The van der Waals surface area contributed by atoms with Crippen LogP contribution in [0.4, 0.5) is 0 Å². The van der Waals surface area contributed by atoms with Crippen LogP contribution >= 0.6 is 0 Å². The summed E-state index contributed by atoms with van der Waals surface area (Å²) in [5.74, 6) is 7.03. The van der Waals surface area contributed by atoms with Crippen LogP contribution in [0.2, 0.25) is 0 Å². The van der Waals surface area contributed by atoms with Gasteiger partial charge >= 0.3 is 0 Å². The lowest BCUT2D eigenvalue weighted by Gasteiger charge is -2.22. The Bertz CT molecular complexity index is 5360. The molecule has 0 aliphatic heterocycles. The Morgan fingerprint density at radius 2 is 0.486 bits per heavy atom. The lowest BCUT2D eigenvalue weighted by Crippen LogP contribution is -2.08. The van der Waals surface area contributed by atoms with Crippen LogP contribution in [0.3, 0.4) is 0 Å². The number of aromatic nitrogens is 6. The van der Waals surface area contributed by atoms with Gasteiger partial charge in [0.15, 0.2) is 0 Å². The second kappa shape index (κ2) is 30.7. The van der Waals surface area contributed by atoms with Crippen molar-refractivity contribution in [3.05, 3.63) is 260 Å². The maximum absolute atomic E-state index is 7.20. The topological polar surface area (TPSA) is 154 Å². The Hall–Kier alpha value is -11.8. The molecule has 16 heteroatoms. The smallest absolute Gasteiger partial charge is 0.134 e. The van der Waals surface area contributed by atoms with Crippen molar-refractivity contribution in [1.29, 1.82) is 0 Å². The van der Waals surface area contributed by atoms with Gasteiger partial charge in [-0.25, -0.2) is 9.36 Å². The molecule has 15 aromatic rings. The third-order valence-corrected chi connectivity index (χ3v) is 20.3. The van der Waals surface area contributed by atoms with E-state index in [2.05, 4.69) is 170 Å². The molecule has 0 saturated heterocycles. The van der Waals surface area contributed by atoms with E-state index in [9.17, 15) is 0 Å². The average molecular weight is 1430 g/mol. The molecule has 0 amide bonds. The molecule has 10 aliphatic carbocycles. The summed E-state index contributed by atoms with van der Waals surface area (Å²) in [5.41, 5.74) is 12.7. The first kappa shape index (κ1) is 69.6. The molecule has 107 heavy (non-hydrogen) atoms. The summed E-state index contributed by atoms with van der Waals surface area (Å²) >= 11 is 0. The van der Waals surface area contributed by atoms with E-state index in [1.807, 2.05) is 77.1 Å². The van der Waals surface area contributed by atoms with E-state index in [1.54, 1.807) is 0 Å².